The predicted molar refractivity (Wildman–Crippen MR) is 88.6 cm³/mol. The number of anilines is 1. The molecule has 112 valence electrons. The van der Waals surface area contributed by atoms with E-state index in [9.17, 15) is 8.42 Å². The quantitative estimate of drug-likeness (QED) is 0.802. The van der Waals surface area contributed by atoms with Crippen LogP contribution >= 0.6 is 0 Å². The van der Waals surface area contributed by atoms with Crippen molar-refractivity contribution in [2.24, 2.45) is 0 Å². The van der Waals surface area contributed by atoms with E-state index in [1.54, 1.807) is 30.3 Å². The molecule has 0 aliphatic rings. The Balaban J connectivity index is 1.85. The topological polar surface area (TPSA) is 59.1 Å². The van der Waals surface area contributed by atoms with Crippen LogP contribution in [-0.4, -0.2) is 19.3 Å². The number of para-hydroxylation sites is 1. The second-order valence-electron chi connectivity index (χ2n) is 5.09. The minimum Gasteiger partial charge on any atom is -0.356 e. The van der Waals surface area contributed by atoms with Gasteiger partial charge in [-0.2, -0.15) is 0 Å². The molecule has 1 heterocycles. The van der Waals surface area contributed by atoms with Crippen LogP contribution in [0.4, 0.5) is 5.82 Å². The number of rotatable bonds is 4. The zero-order valence-corrected chi connectivity index (χ0v) is 13.0. The number of aromatic nitrogens is 1. The van der Waals surface area contributed by atoms with Crippen molar-refractivity contribution in [1.29, 1.82) is 0 Å². The van der Waals surface area contributed by atoms with E-state index in [0.717, 1.165) is 16.5 Å². The highest BCUT2D eigenvalue weighted by Crippen LogP contribution is 2.20. The Kier molecular flexibility index (Phi) is 3.81. The van der Waals surface area contributed by atoms with Crippen molar-refractivity contribution in [2.45, 2.75) is 11.8 Å². The smallest absolute Gasteiger partial charge is 0.196 e. The third kappa shape index (κ3) is 2.94. The van der Waals surface area contributed by atoms with Crippen molar-refractivity contribution in [3.05, 3.63) is 66.2 Å². The van der Waals surface area contributed by atoms with Crippen molar-refractivity contribution in [3.8, 4) is 0 Å². The average molecular weight is 312 g/mol. The number of nitrogens with zero attached hydrogens (tertiary/aromatic N) is 1. The zero-order valence-electron chi connectivity index (χ0n) is 12.2. The summed E-state index contributed by atoms with van der Waals surface area (Å²) in [5.41, 5.74) is 1.91. The molecule has 1 aromatic heterocycles. The number of hydrogen-bond acceptors (Lipinski definition) is 4. The summed E-state index contributed by atoms with van der Waals surface area (Å²) < 4.78 is 24.5. The third-order valence-electron chi connectivity index (χ3n) is 3.47. The first-order valence-corrected chi connectivity index (χ1v) is 8.59. The lowest BCUT2D eigenvalue weighted by Crippen LogP contribution is -2.15. The first-order chi connectivity index (χ1) is 10.6. The maximum absolute atomic E-state index is 12.3. The monoisotopic (exact) mass is 312 g/mol. The van der Waals surface area contributed by atoms with Gasteiger partial charge >= 0.3 is 0 Å². The Bertz CT molecular complexity index is 906. The van der Waals surface area contributed by atoms with Crippen LogP contribution in [-0.2, 0) is 9.84 Å². The minimum atomic E-state index is -3.38. The van der Waals surface area contributed by atoms with Crippen LogP contribution in [0.3, 0.4) is 0 Å². The van der Waals surface area contributed by atoms with E-state index in [0.29, 0.717) is 10.7 Å². The average Bonchev–Trinajstić information content (AvgIpc) is 2.54. The number of fused-ring (bicyclic) bond motifs is 1. The number of sulfone groups is 1. The van der Waals surface area contributed by atoms with Crippen molar-refractivity contribution >= 4 is 26.6 Å². The first-order valence-electron chi connectivity index (χ1n) is 6.94. The number of aryl methyl sites for hydroxylation is 1. The largest absolute Gasteiger partial charge is 0.356 e. The molecule has 0 saturated carbocycles. The van der Waals surface area contributed by atoms with E-state index in [1.807, 2.05) is 37.3 Å². The first kappa shape index (κ1) is 14.5. The van der Waals surface area contributed by atoms with Gasteiger partial charge in [0.2, 0.25) is 0 Å². The molecule has 3 rings (SSSR count). The highest BCUT2D eigenvalue weighted by molar-refractivity contribution is 7.91. The predicted octanol–water partition coefficient (Wildman–Crippen LogP) is 3.39. The number of benzene rings is 2. The molecule has 22 heavy (non-hydrogen) atoms. The van der Waals surface area contributed by atoms with E-state index in [4.69, 9.17) is 0 Å². The van der Waals surface area contributed by atoms with E-state index in [1.165, 1.54) is 0 Å². The van der Waals surface area contributed by atoms with E-state index in [2.05, 4.69) is 10.3 Å². The van der Waals surface area contributed by atoms with Gasteiger partial charge < -0.3 is 5.32 Å². The SMILES string of the molecule is Cc1cc(NCS(=O)(=O)c2ccccc2)nc2ccccc12. The van der Waals surface area contributed by atoms with Crippen LogP contribution < -0.4 is 5.32 Å². The molecule has 2 aromatic carbocycles. The summed E-state index contributed by atoms with van der Waals surface area (Å²) in [5.74, 6) is 0.387. The molecule has 0 bridgehead atoms. The second kappa shape index (κ2) is 5.77. The molecule has 0 aliphatic carbocycles. The molecule has 3 aromatic rings. The summed E-state index contributed by atoms with van der Waals surface area (Å²) in [7, 11) is -3.38. The van der Waals surface area contributed by atoms with Crippen molar-refractivity contribution in [1.82, 2.24) is 4.98 Å². The lowest BCUT2D eigenvalue weighted by Gasteiger charge is -2.09. The molecule has 1 N–H and O–H groups in total. The zero-order chi connectivity index (χ0) is 15.6. The van der Waals surface area contributed by atoms with Crippen LogP contribution in [0.1, 0.15) is 5.56 Å². The Morgan fingerprint density at radius 2 is 1.68 bits per heavy atom. The molecule has 0 atom stereocenters. The van der Waals surface area contributed by atoms with Crippen LogP contribution in [0, 0.1) is 6.92 Å². The van der Waals surface area contributed by atoms with Crippen molar-refractivity contribution in [3.63, 3.8) is 0 Å². The van der Waals surface area contributed by atoms with Gasteiger partial charge in [0.05, 0.1) is 10.4 Å². The van der Waals surface area contributed by atoms with Crippen molar-refractivity contribution in [2.75, 3.05) is 11.2 Å². The molecular formula is C17H16N2O2S. The summed E-state index contributed by atoms with van der Waals surface area (Å²) in [4.78, 5) is 4.76. The molecule has 0 unspecified atom stereocenters. The van der Waals surface area contributed by atoms with Gasteiger partial charge in [0.1, 0.15) is 11.7 Å². The minimum absolute atomic E-state index is 0.179. The summed E-state index contributed by atoms with van der Waals surface area (Å²) >= 11 is 0. The lowest BCUT2D eigenvalue weighted by atomic mass is 10.1. The maximum Gasteiger partial charge on any atom is 0.196 e. The molecule has 0 spiro atoms. The maximum atomic E-state index is 12.3. The summed E-state index contributed by atoms with van der Waals surface area (Å²) in [6, 6.07) is 18.1. The van der Waals surface area contributed by atoms with Gasteiger partial charge in [0.25, 0.3) is 0 Å². The lowest BCUT2D eigenvalue weighted by molar-refractivity contribution is 0.597. The van der Waals surface area contributed by atoms with Gasteiger partial charge in [-0.15, -0.1) is 0 Å². The fourth-order valence-electron chi connectivity index (χ4n) is 2.32. The highest BCUT2D eigenvalue weighted by Gasteiger charge is 2.14. The summed E-state index contributed by atoms with van der Waals surface area (Å²) in [5, 5.41) is 3.99. The van der Waals surface area contributed by atoms with Crippen LogP contribution in [0.25, 0.3) is 10.9 Å². The van der Waals surface area contributed by atoms with Crippen molar-refractivity contribution < 1.29 is 8.42 Å². The molecular weight excluding hydrogens is 296 g/mol. The molecule has 0 aliphatic heterocycles. The number of hydrogen-bond donors (Lipinski definition) is 1. The van der Waals surface area contributed by atoms with Gasteiger partial charge in [-0.1, -0.05) is 36.4 Å². The third-order valence-corrected chi connectivity index (χ3v) is 4.98. The van der Waals surface area contributed by atoms with Crippen LogP contribution in [0.5, 0.6) is 0 Å². The van der Waals surface area contributed by atoms with Gasteiger partial charge in [0, 0.05) is 5.39 Å². The Labute approximate surface area is 129 Å². The van der Waals surface area contributed by atoms with E-state index in [-0.39, 0.29) is 5.88 Å². The molecule has 4 nitrogen and oxygen atoms in total. The fraction of sp³-hybridized carbons (Fsp3) is 0.118. The molecule has 0 saturated heterocycles. The second-order valence-corrected chi connectivity index (χ2v) is 7.08. The Hall–Kier alpha value is -2.40. The molecule has 0 radical (unpaired) electrons. The number of pyridine rings is 1. The van der Waals surface area contributed by atoms with Gasteiger partial charge in [-0.3, -0.25) is 0 Å². The molecule has 5 heteroatoms. The summed E-state index contributed by atoms with van der Waals surface area (Å²) in [6.07, 6.45) is 0. The number of nitrogens with one attached hydrogen (secondary N) is 1. The van der Waals surface area contributed by atoms with Crippen LogP contribution in [0.2, 0.25) is 0 Å². The fourth-order valence-corrected chi connectivity index (χ4v) is 3.40. The van der Waals surface area contributed by atoms with Gasteiger partial charge in [-0.05, 0) is 36.8 Å². The Morgan fingerprint density at radius 3 is 2.45 bits per heavy atom. The standard InChI is InChI=1S/C17H16N2O2S/c1-13-11-17(19-16-10-6-5-9-15(13)16)18-12-22(20,21)14-7-3-2-4-8-14/h2-11H,12H2,1H3,(H,18,19). The molecule has 0 fully saturated rings. The van der Waals surface area contributed by atoms with Gasteiger partial charge in [-0.25, -0.2) is 13.4 Å². The Morgan fingerprint density at radius 1 is 1.00 bits per heavy atom. The normalized spacial score (nSPS) is 11.5. The highest BCUT2D eigenvalue weighted by atomic mass is 32.2. The van der Waals surface area contributed by atoms with Crippen LogP contribution in [0.15, 0.2) is 65.6 Å². The van der Waals surface area contributed by atoms with E-state index >= 15 is 0 Å². The van der Waals surface area contributed by atoms with Gasteiger partial charge in [0.15, 0.2) is 9.84 Å². The van der Waals surface area contributed by atoms with E-state index < -0.39 is 9.84 Å². The molecule has 0 amide bonds. The summed E-state index contributed by atoms with van der Waals surface area (Å²) in [6.45, 7) is 1.99.